The van der Waals surface area contributed by atoms with Crippen LogP contribution in [-0.2, 0) is 11.2 Å². The summed E-state index contributed by atoms with van der Waals surface area (Å²) >= 11 is 1.57. The van der Waals surface area contributed by atoms with Crippen LogP contribution in [-0.4, -0.2) is 46.1 Å². The molecule has 1 heterocycles. The fraction of sp³-hybridized carbons (Fsp3) is 0.583. The Morgan fingerprint density at radius 3 is 2.68 bits per heavy atom. The van der Waals surface area contributed by atoms with E-state index >= 15 is 0 Å². The van der Waals surface area contributed by atoms with E-state index in [2.05, 4.69) is 10.3 Å². The van der Waals surface area contributed by atoms with Crippen LogP contribution >= 0.6 is 11.3 Å². The third kappa shape index (κ3) is 5.25. The highest BCUT2D eigenvalue weighted by Gasteiger charge is 2.19. The highest BCUT2D eigenvalue weighted by molar-refractivity contribution is 7.09. The molecule has 19 heavy (non-hydrogen) atoms. The lowest BCUT2D eigenvalue weighted by molar-refractivity contribution is -0.138. The minimum absolute atomic E-state index is 0.155. The van der Waals surface area contributed by atoms with Gasteiger partial charge in [0.15, 0.2) is 0 Å². The number of amides is 2. The summed E-state index contributed by atoms with van der Waals surface area (Å²) in [4.78, 5) is 28.1. The number of hydrogen-bond donors (Lipinski definition) is 2. The molecule has 0 saturated heterocycles. The molecule has 0 fully saturated rings. The van der Waals surface area contributed by atoms with Crippen LogP contribution in [0.25, 0.3) is 0 Å². The maximum Gasteiger partial charge on any atom is 0.323 e. The van der Waals surface area contributed by atoms with E-state index < -0.39 is 5.97 Å². The van der Waals surface area contributed by atoms with Crippen molar-refractivity contribution in [2.24, 2.45) is 0 Å². The lowest BCUT2D eigenvalue weighted by atomic mass is 10.3. The molecule has 0 radical (unpaired) electrons. The van der Waals surface area contributed by atoms with E-state index in [4.69, 9.17) is 5.11 Å². The molecule has 1 rings (SSSR count). The van der Waals surface area contributed by atoms with Gasteiger partial charge in [0.2, 0.25) is 0 Å². The molecule has 7 heteroatoms. The van der Waals surface area contributed by atoms with Gasteiger partial charge < -0.3 is 15.3 Å². The summed E-state index contributed by atoms with van der Waals surface area (Å²) in [6.07, 6.45) is 0.648. The molecule has 0 atom stereocenters. The van der Waals surface area contributed by atoms with Crippen molar-refractivity contribution in [3.8, 4) is 0 Å². The Labute approximate surface area is 116 Å². The smallest absolute Gasteiger partial charge is 0.323 e. The van der Waals surface area contributed by atoms with Crippen LogP contribution < -0.4 is 5.32 Å². The zero-order valence-electron chi connectivity index (χ0n) is 11.3. The first-order valence-electron chi connectivity index (χ1n) is 6.07. The van der Waals surface area contributed by atoms with Crippen molar-refractivity contribution in [3.63, 3.8) is 0 Å². The predicted molar refractivity (Wildman–Crippen MR) is 73.4 cm³/mol. The van der Waals surface area contributed by atoms with Gasteiger partial charge in [0.05, 0.1) is 10.7 Å². The molecular formula is C12H19N3O3S. The highest BCUT2D eigenvalue weighted by Crippen LogP contribution is 2.08. The summed E-state index contributed by atoms with van der Waals surface area (Å²) in [6.45, 7) is 5.66. The third-order valence-corrected chi connectivity index (χ3v) is 3.34. The van der Waals surface area contributed by atoms with Crippen molar-refractivity contribution in [3.05, 3.63) is 16.1 Å². The number of carboxylic acid groups (broad SMARTS) is 1. The van der Waals surface area contributed by atoms with Crippen molar-refractivity contribution < 1.29 is 14.7 Å². The first kappa shape index (κ1) is 15.4. The molecule has 1 aromatic rings. The molecule has 2 amide bonds. The van der Waals surface area contributed by atoms with Crippen LogP contribution in [0, 0.1) is 6.92 Å². The molecular weight excluding hydrogens is 266 g/mol. The molecule has 1 aromatic heterocycles. The van der Waals surface area contributed by atoms with Crippen LogP contribution in [0.5, 0.6) is 0 Å². The van der Waals surface area contributed by atoms with E-state index in [1.165, 1.54) is 4.90 Å². The number of urea groups is 1. The van der Waals surface area contributed by atoms with Crippen LogP contribution in [0.2, 0.25) is 0 Å². The van der Waals surface area contributed by atoms with E-state index in [1.807, 2.05) is 12.3 Å². The Bertz CT molecular complexity index is 445. The summed E-state index contributed by atoms with van der Waals surface area (Å²) in [5.41, 5.74) is 0.942. The lowest BCUT2D eigenvalue weighted by Gasteiger charge is -2.25. The van der Waals surface area contributed by atoms with E-state index in [9.17, 15) is 9.59 Å². The third-order valence-electron chi connectivity index (χ3n) is 2.51. The molecule has 2 N–H and O–H groups in total. The number of rotatable bonds is 6. The Hall–Kier alpha value is -1.63. The molecule has 106 valence electrons. The summed E-state index contributed by atoms with van der Waals surface area (Å²) in [6, 6.07) is -0.512. The van der Waals surface area contributed by atoms with Crippen LogP contribution in [0.3, 0.4) is 0 Å². The van der Waals surface area contributed by atoms with Crippen LogP contribution in [0.4, 0.5) is 4.79 Å². The minimum atomic E-state index is -1.01. The van der Waals surface area contributed by atoms with Crippen molar-refractivity contribution >= 4 is 23.3 Å². The number of aliphatic carboxylic acids is 1. The number of aryl methyl sites for hydroxylation is 1. The molecule has 0 aromatic carbocycles. The number of nitrogens with zero attached hydrogens (tertiary/aromatic N) is 2. The average Bonchev–Trinajstić information content (AvgIpc) is 2.71. The summed E-state index contributed by atoms with van der Waals surface area (Å²) in [7, 11) is 0. The Morgan fingerprint density at radius 1 is 1.53 bits per heavy atom. The van der Waals surface area contributed by atoms with Gasteiger partial charge in [0.25, 0.3) is 0 Å². The van der Waals surface area contributed by atoms with E-state index in [1.54, 1.807) is 25.2 Å². The normalized spacial score (nSPS) is 10.5. The number of carbonyl (C=O) groups excluding carboxylic acids is 1. The lowest BCUT2D eigenvalue weighted by Crippen LogP contribution is -2.46. The van der Waals surface area contributed by atoms with E-state index in [0.29, 0.717) is 13.0 Å². The number of carboxylic acids is 1. The topological polar surface area (TPSA) is 82.5 Å². The van der Waals surface area contributed by atoms with Gasteiger partial charge in [0.1, 0.15) is 6.54 Å². The van der Waals surface area contributed by atoms with Gasteiger partial charge in [-0.3, -0.25) is 4.79 Å². The Morgan fingerprint density at radius 2 is 2.21 bits per heavy atom. The molecule has 0 spiro atoms. The zero-order chi connectivity index (χ0) is 14.4. The molecule has 0 aliphatic rings. The Kier molecular flexibility index (Phi) is 5.75. The number of carbonyl (C=O) groups is 2. The Balaban J connectivity index is 2.42. The largest absolute Gasteiger partial charge is 0.480 e. The van der Waals surface area contributed by atoms with Gasteiger partial charge in [-0.25, -0.2) is 9.78 Å². The number of hydrogen-bond acceptors (Lipinski definition) is 4. The standard InChI is InChI=1S/C12H19N3O3S/c1-8(2)15(6-11(16)17)12(18)13-5-4-10-7-19-9(3)14-10/h7-8H,4-6H2,1-3H3,(H,13,18)(H,16,17). The minimum Gasteiger partial charge on any atom is -0.480 e. The fourth-order valence-corrected chi connectivity index (χ4v) is 2.20. The molecule has 0 unspecified atom stereocenters. The van der Waals surface area contributed by atoms with Gasteiger partial charge >= 0.3 is 12.0 Å². The summed E-state index contributed by atoms with van der Waals surface area (Å²) < 4.78 is 0. The molecule has 0 aliphatic heterocycles. The van der Waals surface area contributed by atoms with Crippen molar-refractivity contribution in [2.75, 3.05) is 13.1 Å². The average molecular weight is 285 g/mol. The van der Waals surface area contributed by atoms with Crippen molar-refractivity contribution in [1.82, 2.24) is 15.2 Å². The maximum absolute atomic E-state index is 11.8. The highest BCUT2D eigenvalue weighted by atomic mass is 32.1. The number of thiazole rings is 1. The maximum atomic E-state index is 11.8. The van der Waals surface area contributed by atoms with E-state index in [-0.39, 0.29) is 18.6 Å². The summed E-state index contributed by atoms with van der Waals surface area (Å²) in [5.74, 6) is -1.01. The molecule has 0 bridgehead atoms. The SMILES string of the molecule is Cc1nc(CCNC(=O)N(CC(=O)O)C(C)C)cs1. The predicted octanol–water partition coefficient (Wildman–Crippen LogP) is 1.50. The van der Waals surface area contributed by atoms with Crippen molar-refractivity contribution in [2.45, 2.75) is 33.2 Å². The zero-order valence-corrected chi connectivity index (χ0v) is 12.2. The van der Waals surface area contributed by atoms with Gasteiger partial charge in [-0.15, -0.1) is 11.3 Å². The second-order valence-electron chi connectivity index (χ2n) is 4.46. The van der Waals surface area contributed by atoms with Crippen molar-refractivity contribution in [1.29, 1.82) is 0 Å². The number of aromatic nitrogens is 1. The van der Waals surface area contributed by atoms with E-state index in [0.717, 1.165) is 10.7 Å². The quantitative estimate of drug-likeness (QED) is 0.829. The first-order chi connectivity index (χ1) is 8.90. The monoisotopic (exact) mass is 285 g/mol. The van der Waals surface area contributed by atoms with Crippen LogP contribution in [0.15, 0.2) is 5.38 Å². The molecule has 6 nitrogen and oxygen atoms in total. The van der Waals surface area contributed by atoms with Gasteiger partial charge in [0, 0.05) is 24.4 Å². The summed E-state index contributed by atoms with van der Waals surface area (Å²) in [5, 5.41) is 14.4. The van der Waals surface area contributed by atoms with Gasteiger partial charge in [-0.1, -0.05) is 0 Å². The molecule has 0 aliphatic carbocycles. The number of nitrogens with one attached hydrogen (secondary N) is 1. The second kappa shape index (κ2) is 7.08. The second-order valence-corrected chi connectivity index (χ2v) is 5.52. The van der Waals surface area contributed by atoms with Gasteiger partial charge in [-0.2, -0.15) is 0 Å². The fourth-order valence-electron chi connectivity index (χ4n) is 1.56. The molecule has 0 saturated carbocycles. The van der Waals surface area contributed by atoms with Crippen LogP contribution in [0.1, 0.15) is 24.5 Å². The first-order valence-corrected chi connectivity index (χ1v) is 6.95. The van der Waals surface area contributed by atoms with Gasteiger partial charge in [-0.05, 0) is 20.8 Å².